The largest absolute Gasteiger partial charge is 0.367 e. The average molecular weight is 479 g/mol. The fourth-order valence-corrected chi connectivity index (χ4v) is 4.52. The SMILES string of the molecule is CC(C)=CCNc1ccc(-c2c(C)c(C)c(-c3ccc(N(C)S(C)(=O)=O)nc3)c(C)c2C)cn1. The van der Waals surface area contributed by atoms with Crippen molar-refractivity contribution < 1.29 is 8.42 Å². The average Bonchev–Trinajstić information content (AvgIpc) is 2.78. The van der Waals surface area contributed by atoms with E-state index in [1.165, 1.54) is 51.0 Å². The lowest BCUT2D eigenvalue weighted by molar-refractivity contribution is 0.600. The molecule has 0 saturated carbocycles. The first-order valence-electron chi connectivity index (χ1n) is 11.3. The molecule has 0 aliphatic heterocycles. The molecule has 3 aromatic rings. The van der Waals surface area contributed by atoms with E-state index in [4.69, 9.17) is 0 Å². The molecular formula is C27H34N4O2S. The van der Waals surface area contributed by atoms with Gasteiger partial charge in [-0.05, 0) is 99.2 Å². The lowest BCUT2D eigenvalue weighted by Crippen LogP contribution is -2.25. The van der Waals surface area contributed by atoms with Crippen LogP contribution in [-0.4, -0.2) is 38.2 Å². The number of sulfonamides is 1. The molecule has 2 aromatic heterocycles. The van der Waals surface area contributed by atoms with Gasteiger partial charge in [-0.2, -0.15) is 0 Å². The van der Waals surface area contributed by atoms with Gasteiger partial charge < -0.3 is 5.32 Å². The van der Waals surface area contributed by atoms with E-state index in [-0.39, 0.29) is 0 Å². The number of hydrogen-bond acceptors (Lipinski definition) is 5. The van der Waals surface area contributed by atoms with Crippen LogP contribution in [0.2, 0.25) is 0 Å². The van der Waals surface area contributed by atoms with Gasteiger partial charge in [-0.15, -0.1) is 0 Å². The minimum absolute atomic E-state index is 0.399. The van der Waals surface area contributed by atoms with Crippen LogP contribution in [0.5, 0.6) is 0 Å². The van der Waals surface area contributed by atoms with Crippen molar-refractivity contribution in [3.63, 3.8) is 0 Å². The Bertz CT molecular complexity index is 1290. The van der Waals surface area contributed by atoms with Gasteiger partial charge in [-0.1, -0.05) is 11.6 Å². The van der Waals surface area contributed by atoms with Gasteiger partial charge in [0.2, 0.25) is 10.0 Å². The van der Waals surface area contributed by atoms with E-state index in [0.717, 1.165) is 29.1 Å². The molecule has 1 aromatic carbocycles. The summed E-state index contributed by atoms with van der Waals surface area (Å²) in [5.41, 5.74) is 10.4. The Kier molecular flexibility index (Phi) is 7.46. The molecule has 0 amide bonds. The molecule has 2 heterocycles. The Morgan fingerprint density at radius 3 is 1.76 bits per heavy atom. The first-order valence-corrected chi connectivity index (χ1v) is 13.1. The summed E-state index contributed by atoms with van der Waals surface area (Å²) in [4.78, 5) is 9.03. The maximum atomic E-state index is 11.8. The first-order chi connectivity index (χ1) is 15.9. The van der Waals surface area contributed by atoms with Crippen LogP contribution < -0.4 is 9.62 Å². The van der Waals surface area contributed by atoms with E-state index in [1.807, 2.05) is 18.3 Å². The van der Waals surface area contributed by atoms with Crippen molar-refractivity contribution in [2.75, 3.05) is 29.5 Å². The highest BCUT2D eigenvalue weighted by atomic mass is 32.2. The zero-order valence-electron chi connectivity index (χ0n) is 21.3. The van der Waals surface area contributed by atoms with Gasteiger partial charge in [0.15, 0.2) is 0 Å². The summed E-state index contributed by atoms with van der Waals surface area (Å²) in [7, 11) is -1.85. The van der Waals surface area contributed by atoms with Crippen LogP contribution in [0.15, 0.2) is 48.3 Å². The van der Waals surface area contributed by atoms with E-state index in [0.29, 0.717) is 5.82 Å². The number of allylic oxidation sites excluding steroid dienone is 1. The van der Waals surface area contributed by atoms with Gasteiger partial charge in [-0.25, -0.2) is 18.4 Å². The molecule has 1 N–H and O–H groups in total. The molecule has 0 fully saturated rings. The molecule has 3 rings (SSSR count). The van der Waals surface area contributed by atoms with Crippen LogP contribution in [-0.2, 0) is 10.0 Å². The van der Waals surface area contributed by atoms with Crippen molar-refractivity contribution >= 4 is 21.7 Å². The number of nitrogens with one attached hydrogen (secondary N) is 1. The maximum Gasteiger partial charge on any atom is 0.233 e. The highest BCUT2D eigenvalue weighted by Crippen LogP contribution is 2.39. The third-order valence-corrected chi connectivity index (χ3v) is 7.51. The van der Waals surface area contributed by atoms with E-state index in [9.17, 15) is 8.42 Å². The first kappa shape index (κ1) is 25.4. The summed E-state index contributed by atoms with van der Waals surface area (Å²) < 4.78 is 24.8. The molecule has 0 saturated heterocycles. The smallest absolute Gasteiger partial charge is 0.233 e. The molecule has 34 heavy (non-hydrogen) atoms. The molecular weight excluding hydrogens is 444 g/mol. The lowest BCUT2D eigenvalue weighted by Gasteiger charge is -2.22. The zero-order valence-corrected chi connectivity index (χ0v) is 22.1. The third kappa shape index (κ3) is 5.30. The zero-order chi connectivity index (χ0) is 25.2. The van der Waals surface area contributed by atoms with E-state index >= 15 is 0 Å². The summed E-state index contributed by atoms with van der Waals surface area (Å²) in [6.45, 7) is 13.4. The molecule has 0 unspecified atom stereocenters. The number of pyridine rings is 2. The number of nitrogens with zero attached hydrogens (tertiary/aromatic N) is 3. The third-order valence-electron chi connectivity index (χ3n) is 6.33. The minimum atomic E-state index is -3.35. The van der Waals surface area contributed by atoms with Crippen LogP contribution in [0.4, 0.5) is 11.6 Å². The Morgan fingerprint density at radius 2 is 1.38 bits per heavy atom. The summed E-state index contributed by atoms with van der Waals surface area (Å²) in [6, 6.07) is 7.82. The Labute approximate surface area is 203 Å². The molecule has 180 valence electrons. The normalized spacial score (nSPS) is 11.3. The van der Waals surface area contributed by atoms with E-state index in [1.54, 1.807) is 12.3 Å². The standard InChI is InChI=1S/C27H34N4O2S/c1-17(2)13-14-28-24-11-9-22(15-29-24)26-18(3)20(5)27(21(6)19(26)4)23-10-12-25(30-16-23)31(7)34(8,32)33/h9-13,15-16H,14H2,1-8H3,(H,28,29). The van der Waals surface area contributed by atoms with Crippen molar-refractivity contribution in [2.45, 2.75) is 41.5 Å². The molecule has 0 aliphatic rings. The second kappa shape index (κ2) is 9.97. The molecule has 6 nitrogen and oxygen atoms in total. The fraction of sp³-hybridized carbons (Fsp3) is 0.333. The van der Waals surface area contributed by atoms with Crippen LogP contribution in [0.3, 0.4) is 0 Å². The molecule has 0 atom stereocenters. The highest BCUT2D eigenvalue weighted by Gasteiger charge is 2.19. The van der Waals surface area contributed by atoms with E-state index in [2.05, 4.69) is 69.0 Å². The number of rotatable bonds is 7. The van der Waals surface area contributed by atoms with Crippen molar-refractivity contribution in [2.24, 2.45) is 0 Å². The van der Waals surface area contributed by atoms with Gasteiger partial charge in [-0.3, -0.25) is 4.31 Å². The van der Waals surface area contributed by atoms with Gasteiger partial charge >= 0.3 is 0 Å². The second-order valence-corrected chi connectivity index (χ2v) is 11.0. The Balaban J connectivity index is 1.98. The van der Waals surface area contributed by atoms with Gasteiger partial charge in [0, 0.05) is 37.1 Å². The summed E-state index contributed by atoms with van der Waals surface area (Å²) in [5.74, 6) is 1.25. The van der Waals surface area contributed by atoms with Crippen LogP contribution in [0.25, 0.3) is 22.3 Å². The molecule has 0 spiro atoms. The number of benzene rings is 1. The van der Waals surface area contributed by atoms with Crippen molar-refractivity contribution in [1.29, 1.82) is 0 Å². The quantitative estimate of drug-likeness (QED) is 0.433. The predicted octanol–water partition coefficient (Wildman–Crippen LogP) is 5.82. The highest BCUT2D eigenvalue weighted by molar-refractivity contribution is 7.92. The molecule has 0 radical (unpaired) electrons. The van der Waals surface area contributed by atoms with Crippen LogP contribution in [0.1, 0.15) is 36.1 Å². The summed E-state index contributed by atoms with van der Waals surface area (Å²) in [5, 5.41) is 3.32. The molecule has 7 heteroatoms. The lowest BCUT2D eigenvalue weighted by atomic mass is 9.84. The summed E-state index contributed by atoms with van der Waals surface area (Å²) >= 11 is 0. The van der Waals surface area contributed by atoms with Gasteiger partial charge in [0.1, 0.15) is 11.6 Å². The van der Waals surface area contributed by atoms with Crippen molar-refractivity contribution in [3.8, 4) is 22.3 Å². The predicted molar refractivity (Wildman–Crippen MR) is 143 cm³/mol. The van der Waals surface area contributed by atoms with Crippen LogP contribution >= 0.6 is 0 Å². The second-order valence-electron chi connectivity index (χ2n) is 8.98. The monoisotopic (exact) mass is 478 g/mol. The molecule has 0 bridgehead atoms. The fourth-order valence-electron chi connectivity index (χ4n) is 4.07. The Morgan fingerprint density at radius 1 is 0.882 bits per heavy atom. The van der Waals surface area contributed by atoms with Gasteiger partial charge in [0.25, 0.3) is 0 Å². The molecule has 0 aliphatic carbocycles. The van der Waals surface area contributed by atoms with Crippen LogP contribution in [0, 0.1) is 27.7 Å². The van der Waals surface area contributed by atoms with Crippen molar-refractivity contribution in [1.82, 2.24) is 9.97 Å². The topological polar surface area (TPSA) is 75.2 Å². The minimum Gasteiger partial charge on any atom is -0.367 e. The number of aromatic nitrogens is 2. The van der Waals surface area contributed by atoms with E-state index < -0.39 is 10.0 Å². The van der Waals surface area contributed by atoms with Crippen molar-refractivity contribution in [3.05, 3.63) is 70.6 Å². The number of hydrogen-bond donors (Lipinski definition) is 1. The Hall–Kier alpha value is -3.19. The summed E-state index contributed by atoms with van der Waals surface area (Å²) in [6.07, 6.45) is 6.98. The van der Waals surface area contributed by atoms with Gasteiger partial charge in [0.05, 0.1) is 6.26 Å². The maximum absolute atomic E-state index is 11.8. The number of anilines is 2.